The molecule has 0 radical (unpaired) electrons. The summed E-state index contributed by atoms with van der Waals surface area (Å²) in [5.41, 5.74) is 2.04. The van der Waals surface area contributed by atoms with Crippen LogP contribution in [0.25, 0.3) is 0 Å². The number of nitrogens with one attached hydrogen (secondary N) is 2. The maximum absolute atomic E-state index is 12.5. The van der Waals surface area contributed by atoms with Crippen molar-refractivity contribution in [3.05, 3.63) is 29.8 Å². The molecule has 0 spiro atoms. The Labute approximate surface area is 137 Å². The topological polar surface area (TPSA) is 61.4 Å². The molecular weight excluding hydrogens is 290 g/mol. The summed E-state index contributed by atoms with van der Waals surface area (Å²) in [6.45, 7) is 6.49. The Morgan fingerprint density at radius 1 is 1.30 bits per heavy atom. The fourth-order valence-electron chi connectivity index (χ4n) is 3.34. The summed E-state index contributed by atoms with van der Waals surface area (Å²) in [6.07, 6.45) is 1.37. The second kappa shape index (κ2) is 6.71. The van der Waals surface area contributed by atoms with Crippen molar-refractivity contribution in [3.63, 3.8) is 0 Å². The van der Waals surface area contributed by atoms with Crippen LogP contribution in [0.4, 0.5) is 5.69 Å². The van der Waals surface area contributed by atoms with Crippen LogP contribution in [0.3, 0.4) is 0 Å². The molecule has 5 nitrogen and oxygen atoms in total. The molecule has 1 aromatic carbocycles. The fraction of sp³-hybridized carbons (Fsp3) is 0.556. The minimum absolute atomic E-state index is 0.00788. The second-order valence-corrected chi connectivity index (χ2v) is 6.83. The van der Waals surface area contributed by atoms with E-state index in [4.69, 9.17) is 0 Å². The van der Waals surface area contributed by atoms with Gasteiger partial charge in [0.1, 0.15) is 0 Å². The maximum Gasteiger partial charge on any atom is 0.227 e. The van der Waals surface area contributed by atoms with E-state index >= 15 is 0 Å². The number of hydrogen-bond donors (Lipinski definition) is 2. The van der Waals surface area contributed by atoms with Gasteiger partial charge in [-0.1, -0.05) is 24.6 Å². The Bertz CT molecular complexity index is 584. The highest BCUT2D eigenvalue weighted by Crippen LogP contribution is 2.26. The monoisotopic (exact) mass is 315 g/mol. The lowest BCUT2D eigenvalue weighted by Crippen LogP contribution is -2.51. The summed E-state index contributed by atoms with van der Waals surface area (Å²) >= 11 is 0. The summed E-state index contributed by atoms with van der Waals surface area (Å²) in [6, 6.07) is 8.04. The van der Waals surface area contributed by atoms with Crippen molar-refractivity contribution >= 4 is 17.5 Å². The number of amides is 2. The number of carbonyl (C=O) groups excluding carboxylic acids is 2. The van der Waals surface area contributed by atoms with Crippen LogP contribution in [0.5, 0.6) is 0 Å². The number of hydrogen-bond acceptors (Lipinski definition) is 3. The average Bonchev–Trinajstić information content (AvgIpc) is 2.92. The van der Waals surface area contributed by atoms with Crippen LogP contribution in [0.2, 0.25) is 0 Å². The molecule has 2 N–H and O–H groups in total. The highest BCUT2D eigenvalue weighted by molar-refractivity contribution is 6.00. The predicted molar refractivity (Wildman–Crippen MR) is 90.2 cm³/mol. The molecule has 0 aliphatic carbocycles. The number of nitrogens with zero attached hydrogens (tertiary/aromatic N) is 1. The van der Waals surface area contributed by atoms with Gasteiger partial charge in [-0.05, 0) is 37.9 Å². The van der Waals surface area contributed by atoms with Crippen molar-refractivity contribution in [3.8, 4) is 0 Å². The minimum atomic E-state index is -0.252. The lowest BCUT2D eigenvalue weighted by atomic mass is 9.94. The SMILES string of the molecule is Cc1ccc(N2CC(C(=O)NC3CNCCC3C)CC2=O)cc1. The summed E-state index contributed by atoms with van der Waals surface area (Å²) in [5.74, 6) is 0.265. The number of benzene rings is 1. The number of piperidine rings is 1. The van der Waals surface area contributed by atoms with E-state index in [2.05, 4.69) is 17.6 Å². The molecule has 5 heteroatoms. The molecule has 3 atom stereocenters. The van der Waals surface area contributed by atoms with Crippen LogP contribution in [-0.2, 0) is 9.59 Å². The Hall–Kier alpha value is -1.88. The van der Waals surface area contributed by atoms with Crippen molar-refractivity contribution in [2.45, 2.75) is 32.7 Å². The Morgan fingerprint density at radius 3 is 2.74 bits per heavy atom. The number of carbonyl (C=O) groups is 2. The largest absolute Gasteiger partial charge is 0.352 e. The molecule has 0 saturated carbocycles. The normalized spacial score (nSPS) is 28.0. The molecule has 0 bridgehead atoms. The van der Waals surface area contributed by atoms with Crippen LogP contribution in [0, 0.1) is 18.8 Å². The van der Waals surface area contributed by atoms with Gasteiger partial charge in [-0.2, -0.15) is 0 Å². The Morgan fingerprint density at radius 2 is 2.04 bits per heavy atom. The zero-order valence-corrected chi connectivity index (χ0v) is 13.8. The van der Waals surface area contributed by atoms with Gasteiger partial charge >= 0.3 is 0 Å². The Balaban J connectivity index is 1.62. The first-order valence-corrected chi connectivity index (χ1v) is 8.42. The molecule has 2 aliphatic rings. The molecule has 3 unspecified atom stereocenters. The number of aryl methyl sites for hydroxylation is 1. The van der Waals surface area contributed by atoms with Gasteiger partial charge in [0.05, 0.1) is 5.92 Å². The summed E-state index contributed by atoms with van der Waals surface area (Å²) in [5, 5.41) is 6.45. The van der Waals surface area contributed by atoms with Gasteiger partial charge in [-0.15, -0.1) is 0 Å². The molecule has 124 valence electrons. The van der Waals surface area contributed by atoms with E-state index < -0.39 is 0 Å². The van der Waals surface area contributed by atoms with Crippen LogP contribution in [-0.4, -0.2) is 37.5 Å². The van der Waals surface area contributed by atoms with E-state index in [0.29, 0.717) is 18.9 Å². The van der Waals surface area contributed by atoms with Crippen molar-refractivity contribution in [2.75, 3.05) is 24.5 Å². The average molecular weight is 315 g/mol. The first-order valence-electron chi connectivity index (χ1n) is 8.42. The number of rotatable bonds is 3. The molecule has 23 heavy (non-hydrogen) atoms. The quantitative estimate of drug-likeness (QED) is 0.888. The number of anilines is 1. The van der Waals surface area contributed by atoms with Gasteiger partial charge < -0.3 is 15.5 Å². The van der Waals surface area contributed by atoms with E-state index in [0.717, 1.165) is 30.8 Å². The predicted octanol–water partition coefficient (Wildman–Crippen LogP) is 1.46. The van der Waals surface area contributed by atoms with Crippen molar-refractivity contribution in [2.24, 2.45) is 11.8 Å². The molecular formula is C18H25N3O2. The molecule has 2 amide bonds. The van der Waals surface area contributed by atoms with Gasteiger partial charge in [-0.3, -0.25) is 9.59 Å². The zero-order chi connectivity index (χ0) is 16.4. The van der Waals surface area contributed by atoms with Crippen LogP contribution in [0.15, 0.2) is 24.3 Å². The molecule has 1 aromatic rings. The van der Waals surface area contributed by atoms with Crippen molar-refractivity contribution in [1.82, 2.24) is 10.6 Å². The van der Waals surface area contributed by atoms with Crippen LogP contribution in [0.1, 0.15) is 25.3 Å². The lowest BCUT2D eigenvalue weighted by molar-refractivity contribution is -0.127. The van der Waals surface area contributed by atoms with E-state index in [1.165, 1.54) is 0 Å². The standard InChI is InChI=1S/C18H25N3O2/c1-12-3-5-15(6-4-12)21-11-14(9-17(21)22)18(23)20-16-10-19-8-7-13(16)2/h3-6,13-14,16,19H,7-11H2,1-2H3,(H,20,23). The minimum Gasteiger partial charge on any atom is -0.352 e. The Kier molecular flexibility index (Phi) is 4.66. The fourth-order valence-corrected chi connectivity index (χ4v) is 3.34. The first-order chi connectivity index (χ1) is 11.0. The van der Waals surface area contributed by atoms with Gasteiger partial charge in [0.15, 0.2) is 0 Å². The van der Waals surface area contributed by atoms with Crippen molar-refractivity contribution < 1.29 is 9.59 Å². The second-order valence-electron chi connectivity index (χ2n) is 6.83. The zero-order valence-electron chi connectivity index (χ0n) is 13.8. The van der Waals surface area contributed by atoms with Gasteiger partial charge in [-0.25, -0.2) is 0 Å². The van der Waals surface area contributed by atoms with Gasteiger partial charge in [0.25, 0.3) is 0 Å². The first kappa shape index (κ1) is 16.0. The highest BCUT2D eigenvalue weighted by Gasteiger charge is 2.36. The summed E-state index contributed by atoms with van der Waals surface area (Å²) < 4.78 is 0. The third-order valence-corrected chi connectivity index (χ3v) is 5.00. The lowest BCUT2D eigenvalue weighted by Gasteiger charge is -2.31. The molecule has 2 aliphatic heterocycles. The molecule has 3 rings (SSSR count). The van der Waals surface area contributed by atoms with E-state index in [9.17, 15) is 9.59 Å². The smallest absolute Gasteiger partial charge is 0.227 e. The third kappa shape index (κ3) is 3.55. The highest BCUT2D eigenvalue weighted by atomic mass is 16.2. The van der Waals surface area contributed by atoms with Crippen LogP contribution >= 0.6 is 0 Å². The van der Waals surface area contributed by atoms with Gasteiger partial charge in [0, 0.05) is 31.2 Å². The third-order valence-electron chi connectivity index (χ3n) is 5.00. The van der Waals surface area contributed by atoms with E-state index in [1.54, 1.807) is 4.90 Å². The maximum atomic E-state index is 12.5. The van der Waals surface area contributed by atoms with Crippen LogP contribution < -0.4 is 15.5 Å². The van der Waals surface area contributed by atoms with Crippen molar-refractivity contribution in [1.29, 1.82) is 0 Å². The molecule has 2 saturated heterocycles. The van der Waals surface area contributed by atoms with Gasteiger partial charge in [0.2, 0.25) is 11.8 Å². The van der Waals surface area contributed by atoms with E-state index in [1.807, 2.05) is 31.2 Å². The molecule has 0 aromatic heterocycles. The summed E-state index contributed by atoms with van der Waals surface area (Å²) in [7, 11) is 0. The van der Waals surface area contributed by atoms with E-state index in [-0.39, 0.29) is 23.8 Å². The molecule has 2 fully saturated rings. The summed E-state index contributed by atoms with van der Waals surface area (Å²) in [4.78, 5) is 26.5. The molecule has 2 heterocycles.